The van der Waals surface area contributed by atoms with Gasteiger partial charge in [0.05, 0.1) is 18.7 Å². The van der Waals surface area contributed by atoms with E-state index < -0.39 is 23.2 Å². The van der Waals surface area contributed by atoms with Gasteiger partial charge in [-0.3, -0.25) is 0 Å². The number of nitrogens with one attached hydrogen (secondary N) is 2. The van der Waals surface area contributed by atoms with Crippen molar-refractivity contribution in [1.29, 1.82) is 0 Å². The molecule has 1 aromatic carbocycles. The number of thiophene rings is 1. The highest BCUT2D eigenvalue weighted by molar-refractivity contribution is 14.0. The van der Waals surface area contributed by atoms with Crippen LogP contribution in [0.25, 0.3) is 0 Å². The highest BCUT2D eigenvalue weighted by Crippen LogP contribution is 2.32. The average Bonchev–Trinajstić information content (AvgIpc) is 3.13. The van der Waals surface area contributed by atoms with Crippen molar-refractivity contribution in [3.63, 3.8) is 0 Å². The fraction of sp³-hybridized carbons (Fsp3) is 0.389. The molecule has 1 unspecified atom stereocenters. The Balaban J connectivity index is 0.00000392. The molecule has 10 heteroatoms. The van der Waals surface area contributed by atoms with Crippen LogP contribution in [0.15, 0.2) is 40.0 Å². The number of aliphatic hydroxyl groups is 1. The molecule has 1 aromatic heterocycles. The number of alkyl halides is 3. The van der Waals surface area contributed by atoms with Gasteiger partial charge in [0.25, 0.3) is 0 Å². The molecule has 2 rings (SSSR count). The van der Waals surface area contributed by atoms with Gasteiger partial charge in [-0.25, -0.2) is 9.38 Å². The Kier molecular flexibility index (Phi) is 9.15. The summed E-state index contributed by atoms with van der Waals surface area (Å²) in [4.78, 5) is 4.14. The first-order chi connectivity index (χ1) is 12.6. The van der Waals surface area contributed by atoms with E-state index >= 15 is 0 Å². The molecule has 0 saturated heterocycles. The van der Waals surface area contributed by atoms with E-state index in [4.69, 9.17) is 0 Å². The predicted molar refractivity (Wildman–Crippen MR) is 114 cm³/mol. The summed E-state index contributed by atoms with van der Waals surface area (Å²) in [5, 5.41) is 20.0. The average molecular weight is 531 g/mol. The molecule has 1 heterocycles. The molecule has 28 heavy (non-hydrogen) atoms. The Bertz CT molecular complexity index is 780. The van der Waals surface area contributed by atoms with Crippen molar-refractivity contribution in [3.8, 4) is 0 Å². The molecule has 0 saturated carbocycles. The molecule has 0 amide bonds. The highest BCUT2D eigenvalue weighted by Gasteiger charge is 2.33. The Morgan fingerprint density at radius 1 is 1.21 bits per heavy atom. The molecule has 4 nitrogen and oxygen atoms in total. The van der Waals surface area contributed by atoms with Crippen LogP contribution < -0.4 is 10.6 Å². The molecular formula is C18H22F4IN3OS. The summed E-state index contributed by atoms with van der Waals surface area (Å²) >= 11 is 1.45. The number of hydrogen-bond donors (Lipinski definition) is 3. The lowest BCUT2D eigenvalue weighted by atomic mass is 9.99. The SMILES string of the molecule is CCNC(=NCc1ccc(F)cc1C(F)(F)F)NCC(C)(O)c1ccsc1.I. The second kappa shape index (κ2) is 10.4. The zero-order chi connectivity index (χ0) is 20.1. The van der Waals surface area contributed by atoms with Crippen molar-refractivity contribution in [2.75, 3.05) is 13.1 Å². The minimum atomic E-state index is -4.67. The Morgan fingerprint density at radius 2 is 1.93 bits per heavy atom. The van der Waals surface area contributed by atoms with Gasteiger partial charge in [0.2, 0.25) is 0 Å². The lowest BCUT2D eigenvalue weighted by Crippen LogP contribution is -2.44. The highest BCUT2D eigenvalue weighted by atomic mass is 127. The number of aliphatic imine (C=N–C) groups is 1. The van der Waals surface area contributed by atoms with Gasteiger partial charge in [-0.05, 0) is 53.9 Å². The van der Waals surface area contributed by atoms with Crippen LogP contribution in [0.1, 0.15) is 30.5 Å². The van der Waals surface area contributed by atoms with E-state index in [2.05, 4.69) is 15.6 Å². The summed E-state index contributed by atoms with van der Waals surface area (Å²) in [6.45, 7) is 3.76. The minimum absolute atomic E-state index is 0. The molecule has 2 aromatic rings. The molecule has 0 aliphatic carbocycles. The largest absolute Gasteiger partial charge is 0.416 e. The van der Waals surface area contributed by atoms with Crippen LogP contribution in [0.2, 0.25) is 0 Å². The van der Waals surface area contributed by atoms with Crippen LogP contribution in [0.4, 0.5) is 17.6 Å². The van der Waals surface area contributed by atoms with Crippen molar-refractivity contribution >= 4 is 41.3 Å². The van der Waals surface area contributed by atoms with Crippen molar-refractivity contribution in [3.05, 3.63) is 57.5 Å². The number of halogens is 5. The summed E-state index contributed by atoms with van der Waals surface area (Å²) < 4.78 is 52.4. The first-order valence-electron chi connectivity index (χ1n) is 8.26. The van der Waals surface area contributed by atoms with Crippen LogP contribution in [-0.2, 0) is 18.3 Å². The second-order valence-corrected chi connectivity index (χ2v) is 6.91. The van der Waals surface area contributed by atoms with E-state index in [-0.39, 0.29) is 48.6 Å². The zero-order valence-electron chi connectivity index (χ0n) is 15.3. The number of hydrogen-bond acceptors (Lipinski definition) is 3. The quantitative estimate of drug-likeness (QED) is 0.223. The van der Waals surface area contributed by atoms with E-state index in [0.717, 1.165) is 17.7 Å². The Labute approximate surface area is 182 Å². The Hall–Kier alpha value is -1.40. The lowest BCUT2D eigenvalue weighted by molar-refractivity contribution is -0.138. The number of nitrogens with zero attached hydrogens (tertiary/aromatic N) is 1. The van der Waals surface area contributed by atoms with Crippen LogP contribution >= 0.6 is 35.3 Å². The monoisotopic (exact) mass is 531 g/mol. The maximum atomic E-state index is 13.2. The van der Waals surface area contributed by atoms with E-state index in [1.807, 2.05) is 17.7 Å². The maximum Gasteiger partial charge on any atom is 0.416 e. The summed E-state index contributed by atoms with van der Waals surface area (Å²) in [7, 11) is 0. The van der Waals surface area contributed by atoms with Crippen LogP contribution in [0.3, 0.4) is 0 Å². The van der Waals surface area contributed by atoms with Crippen LogP contribution in [0.5, 0.6) is 0 Å². The van der Waals surface area contributed by atoms with Gasteiger partial charge in [0, 0.05) is 6.54 Å². The molecule has 3 N–H and O–H groups in total. The third kappa shape index (κ3) is 6.89. The lowest BCUT2D eigenvalue weighted by Gasteiger charge is -2.24. The van der Waals surface area contributed by atoms with E-state index in [1.165, 1.54) is 11.3 Å². The first kappa shape index (κ1) is 24.6. The summed E-state index contributed by atoms with van der Waals surface area (Å²) in [5.41, 5.74) is -1.62. The van der Waals surface area contributed by atoms with Crippen molar-refractivity contribution in [2.45, 2.75) is 32.2 Å². The van der Waals surface area contributed by atoms with Gasteiger partial charge in [-0.15, -0.1) is 24.0 Å². The standard InChI is InChI=1S/C18H21F4N3OS.HI/c1-3-23-16(25-11-17(2,26)13-6-7-27-10-13)24-9-12-4-5-14(19)8-15(12)18(20,21)22;/h4-8,10,26H,3,9,11H2,1-2H3,(H2,23,24,25);1H. The van der Waals surface area contributed by atoms with E-state index in [0.29, 0.717) is 12.6 Å². The van der Waals surface area contributed by atoms with Gasteiger partial charge < -0.3 is 15.7 Å². The van der Waals surface area contributed by atoms with Crippen molar-refractivity contribution in [1.82, 2.24) is 10.6 Å². The number of benzene rings is 1. The molecule has 0 aliphatic rings. The topological polar surface area (TPSA) is 56.7 Å². The van der Waals surface area contributed by atoms with Crippen molar-refractivity contribution < 1.29 is 22.7 Å². The number of rotatable bonds is 6. The summed E-state index contributed by atoms with van der Waals surface area (Å²) in [6.07, 6.45) is -4.67. The van der Waals surface area contributed by atoms with Gasteiger partial charge >= 0.3 is 6.18 Å². The summed E-state index contributed by atoms with van der Waals surface area (Å²) in [6, 6.07) is 4.31. The molecule has 0 aliphatic heterocycles. The third-order valence-electron chi connectivity index (χ3n) is 3.87. The van der Waals surface area contributed by atoms with Gasteiger partial charge in [0.1, 0.15) is 11.4 Å². The molecule has 1 atom stereocenters. The Morgan fingerprint density at radius 3 is 2.50 bits per heavy atom. The third-order valence-corrected chi connectivity index (χ3v) is 4.56. The molecule has 0 fully saturated rings. The maximum absolute atomic E-state index is 13.2. The van der Waals surface area contributed by atoms with Crippen LogP contribution in [-0.4, -0.2) is 24.2 Å². The van der Waals surface area contributed by atoms with Crippen LogP contribution in [0, 0.1) is 5.82 Å². The fourth-order valence-corrected chi connectivity index (χ4v) is 3.17. The minimum Gasteiger partial charge on any atom is -0.384 e. The van der Waals surface area contributed by atoms with Gasteiger partial charge in [-0.2, -0.15) is 24.5 Å². The first-order valence-corrected chi connectivity index (χ1v) is 9.20. The fourth-order valence-electron chi connectivity index (χ4n) is 2.39. The zero-order valence-corrected chi connectivity index (χ0v) is 18.5. The normalized spacial score (nSPS) is 14.2. The van der Waals surface area contributed by atoms with E-state index in [9.17, 15) is 22.7 Å². The van der Waals surface area contributed by atoms with Gasteiger partial charge in [-0.1, -0.05) is 6.07 Å². The molecule has 0 spiro atoms. The molecule has 156 valence electrons. The van der Waals surface area contributed by atoms with Gasteiger partial charge in [0.15, 0.2) is 5.96 Å². The van der Waals surface area contributed by atoms with E-state index in [1.54, 1.807) is 13.0 Å². The van der Waals surface area contributed by atoms with Crippen molar-refractivity contribution in [2.24, 2.45) is 4.99 Å². The summed E-state index contributed by atoms with van der Waals surface area (Å²) in [5.74, 6) is -0.697. The number of guanidine groups is 1. The predicted octanol–water partition coefficient (Wildman–Crippen LogP) is 4.49. The molecular weight excluding hydrogens is 509 g/mol. The molecule has 0 bridgehead atoms. The second-order valence-electron chi connectivity index (χ2n) is 6.13. The smallest absolute Gasteiger partial charge is 0.384 e. The molecule has 0 radical (unpaired) electrons.